The van der Waals surface area contributed by atoms with Crippen LogP contribution in [-0.2, 0) is 0 Å². The molecule has 0 bridgehead atoms. The molecular weight excluding hydrogens is 194 g/mol. The van der Waals surface area contributed by atoms with Crippen LogP contribution in [0.2, 0.25) is 0 Å². The molecule has 1 aromatic rings. The summed E-state index contributed by atoms with van der Waals surface area (Å²) < 4.78 is 0. The Labute approximate surface area is 103 Å². The molecule has 96 valence electrons. The van der Waals surface area contributed by atoms with Crippen molar-refractivity contribution in [3.63, 3.8) is 0 Å². The third-order valence-corrected chi connectivity index (χ3v) is 1.73. The fourth-order valence-corrected chi connectivity index (χ4v) is 1.21. The monoisotopic (exact) mass is 225 g/mol. The Morgan fingerprint density at radius 1 is 0.750 bits per heavy atom. The van der Waals surface area contributed by atoms with Gasteiger partial charge in [0.2, 0.25) is 0 Å². The lowest BCUT2D eigenvalue weighted by molar-refractivity contribution is 1.34. The van der Waals surface area contributed by atoms with Crippen LogP contribution in [0.5, 0.6) is 0 Å². The van der Waals surface area contributed by atoms with Crippen LogP contribution in [0.4, 0.5) is 5.69 Å². The number of aryl methyl sites for hydroxylation is 2. The van der Waals surface area contributed by atoms with E-state index in [1.165, 1.54) is 16.8 Å². The third kappa shape index (κ3) is 8.34. The van der Waals surface area contributed by atoms with Crippen molar-refractivity contribution in [1.82, 2.24) is 0 Å². The van der Waals surface area contributed by atoms with Gasteiger partial charge in [-0.3, -0.25) is 0 Å². The number of benzene rings is 1. The maximum Gasteiger partial charge on any atom is 0.0396 e. The maximum atomic E-state index is 3.16. The van der Waals surface area contributed by atoms with Gasteiger partial charge in [-0.2, -0.15) is 0 Å². The predicted molar refractivity (Wildman–Crippen MR) is 79.5 cm³/mol. The van der Waals surface area contributed by atoms with Crippen LogP contribution in [0.25, 0.3) is 0 Å². The van der Waals surface area contributed by atoms with Crippen LogP contribution < -0.4 is 5.32 Å². The summed E-state index contributed by atoms with van der Waals surface area (Å²) in [5.74, 6) is 0. The van der Waals surface area contributed by atoms with Gasteiger partial charge in [0.05, 0.1) is 0 Å². The molecule has 0 aliphatic heterocycles. The van der Waals surface area contributed by atoms with Crippen molar-refractivity contribution in [1.29, 1.82) is 0 Å². The molecule has 0 spiro atoms. The second-order valence-electron chi connectivity index (χ2n) is 2.52. The summed E-state index contributed by atoms with van der Waals surface area (Å²) in [6.07, 6.45) is 0. The molecule has 0 saturated heterocycles. The van der Waals surface area contributed by atoms with Gasteiger partial charge in [-0.15, -0.1) is 0 Å². The first-order valence-electron chi connectivity index (χ1n) is 6.49. The zero-order chi connectivity index (χ0) is 13.6. The molecule has 0 aliphatic carbocycles. The third-order valence-electron chi connectivity index (χ3n) is 1.73. The fraction of sp³-hybridized carbons (Fsp3) is 0.600. The van der Waals surface area contributed by atoms with Crippen LogP contribution in [-0.4, -0.2) is 7.05 Å². The molecular formula is C15H31N. The van der Waals surface area contributed by atoms with Crippen molar-refractivity contribution in [2.75, 3.05) is 12.4 Å². The van der Waals surface area contributed by atoms with Gasteiger partial charge < -0.3 is 5.32 Å². The van der Waals surface area contributed by atoms with Gasteiger partial charge in [0.15, 0.2) is 0 Å². The van der Waals surface area contributed by atoms with E-state index < -0.39 is 0 Å². The minimum absolute atomic E-state index is 1.25. The fourth-order valence-electron chi connectivity index (χ4n) is 1.21. The summed E-state index contributed by atoms with van der Waals surface area (Å²) in [4.78, 5) is 0. The molecule has 0 radical (unpaired) electrons. The van der Waals surface area contributed by atoms with Gasteiger partial charge in [-0.05, 0) is 25.0 Å². The Morgan fingerprint density at radius 2 is 1.06 bits per heavy atom. The van der Waals surface area contributed by atoms with E-state index in [0.29, 0.717) is 0 Å². The molecule has 1 heteroatoms. The van der Waals surface area contributed by atoms with E-state index in [4.69, 9.17) is 0 Å². The summed E-state index contributed by atoms with van der Waals surface area (Å²) in [5.41, 5.74) is 3.87. The van der Waals surface area contributed by atoms with Crippen LogP contribution in [0.3, 0.4) is 0 Å². The molecule has 0 aromatic heterocycles. The van der Waals surface area contributed by atoms with Crippen molar-refractivity contribution < 1.29 is 0 Å². The van der Waals surface area contributed by atoms with Crippen molar-refractivity contribution >= 4 is 5.69 Å². The van der Waals surface area contributed by atoms with Crippen LogP contribution in [0.1, 0.15) is 52.7 Å². The maximum absolute atomic E-state index is 3.16. The summed E-state index contributed by atoms with van der Waals surface area (Å²) >= 11 is 0. The first-order chi connectivity index (χ1) is 7.75. The molecule has 16 heavy (non-hydrogen) atoms. The molecule has 1 rings (SSSR count). The summed E-state index contributed by atoms with van der Waals surface area (Å²) in [5, 5.41) is 3.16. The smallest absolute Gasteiger partial charge is 0.0396 e. The molecule has 0 amide bonds. The molecule has 0 aliphatic rings. The van der Waals surface area contributed by atoms with Gasteiger partial charge in [0.25, 0.3) is 0 Å². The zero-order valence-corrected chi connectivity index (χ0v) is 12.7. The van der Waals surface area contributed by atoms with Crippen LogP contribution >= 0.6 is 0 Å². The highest BCUT2D eigenvalue weighted by Gasteiger charge is 1.96. The average molecular weight is 225 g/mol. The average Bonchev–Trinajstić information content (AvgIpc) is 2.37. The Bertz CT molecular complexity index is 209. The topological polar surface area (TPSA) is 12.0 Å². The van der Waals surface area contributed by atoms with Crippen molar-refractivity contribution in [3.05, 3.63) is 29.3 Å². The predicted octanol–water partition coefficient (Wildman–Crippen LogP) is 5.42. The Balaban J connectivity index is -0.000000245. The first-order valence-corrected chi connectivity index (χ1v) is 6.49. The van der Waals surface area contributed by atoms with E-state index in [-0.39, 0.29) is 0 Å². The SMILES string of the molecule is CC.CC.CC.CNc1c(C)cccc1C. The Kier molecular flexibility index (Phi) is 21.0. The lowest BCUT2D eigenvalue weighted by Crippen LogP contribution is -1.93. The quantitative estimate of drug-likeness (QED) is 0.672. The van der Waals surface area contributed by atoms with Crippen molar-refractivity contribution in [2.45, 2.75) is 55.4 Å². The van der Waals surface area contributed by atoms with E-state index in [9.17, 15) is 0 Å². The highest BCUT2D eigenvalue weighted by atomic mass is 14.8. The molecule has 1 nitrogen and oxygen atoms in total. The van der Waals surface area contributed by atoms with E-state index in [1.807, 2.05) is 48.6 Å². The standard InChI is InChI=1S/C9H13N.3C2H6/c1-7-5-4-6-8(2)9(7)10-3;3*1-2/h4-6,10H,1-3H3;3*1-2H3. The molecule has 1 aromatic carbocycles. The number of nitrogens with one attached hydrogen (secondary N) is 1. The van der Waals surface area contributed by atoms with Gasteiger partial charge in [0, 0.05) is 12.7 Å². The van der Waals surface area contributed by atoms with E-state index in [0.717, 1.165) is 0 Å². The number of hydrogen-bond acceptors (Lipinski definition) is 1. The van der Waals surface area contributed by atoms with Crippen LogP contribution in [0.15, 0.2) is 18.2 Å². The second-order valence-corrected chi connectivity index (χ2v) is 2.52. The second kappa shape index (κ2) is 16.4. The molecule has 1 N–H and O–H groups in total. The van der Waals surface area contributed by atoms with E-state index >= 15 is 0 Å². The lowest BCUT2D eigenvalue weighted by atomic mass is 10.1. The summed E-state index contributed by atoms with van der Waals surface area (Å²) in [6, 6.07) is 6.29. The van der Waals surface area contributed by atoms with Gasteiger partial charge in [-0.1, -0.05) is 59.7 Å². The van der Waals surface area contributed by atoms with E-state index in [2.05, 4.69) is 37.4 Å². The van der Waals surface area contributed by atoms with Crippen molar-refractivity contribution in [3.8, 4) is 0 Å². The minimum atomic E-state index is 1.25. The molecule has 0 heterocycles. The molecule has 0 unspecified atom stereocenters. The van der Waals surface area contributed by atoms with Crippen molar-refractivity contribution in [2.24, 2.45) is 0 Å². The van der Waals surface area contributed by atoms with E-state index in [1.54, 1.807) is 0 Å². The number of para-hydroxylation sites is 1. The molecule has 0 atom stereocenters. The largest absolute Gasteiger partial charge is 0.388 e. The molecule has 0 saturated carbocycles. The van der Waals surface area contributed by atoms with Gasteiger partial charge >= 0.3 is 0 Å². The number of anilines is 1. The minimum Gasteiger partial charge on any atom is -0.388 e. The van der Waals surface area contributed by atoms with Gasteiger partial charge in [-0.25, -0.2) is 0 Å². The Hall–Kier alpha value is -0.980. The molecule has 0 fully saturated rings. The first kappa shape index (κ1) is 20.4. The lowest BCUT2D eigenvalue weighted by Gasteiger charge is -2.07. The van der Waals surface area contributed by atoms with Gasteiger partial charge in [0.1, 0.15) is 0 Å². The summed E-state index contributed by atoms with van der Waals surface area (Å²) in [6.45, 7) is 16.2. The number of hydrogen-bond donors (Lipinski definition) is 1. The highest BCUT2D eigenvalue weighted by Crippen LogP contribution is 2.17. The Morgan fingerprint density at radius 3 is 1.25 bits per heavy atom. The summed E-state index contributed by atoms with van der Waals surface area (Å²) in [7, 11) is 1.95. The normalized spacial score (nSPS) is 7.06. The highest BCUT2D eigenvalue weighted by molar-refractivity contribution is 5.55. The zero-order valence-electron chi connectivity index (χ0n) is 12.7. The van der Waals surface area contributed by atoms with Crippen LogP contribution in [0, 0.1) is 13.8 Å². The number of rotatable bonds is 1.